The van der Waals surface area contributed by atoms with Crippen molar-refractivity contribution in [3.63, 3.8) is 0 Å². The van der Waals surface area contributed by atoms with E-state index in [4.69, 9.17) is 10.1 Å². The van der Waals surface area contributed by atoms with E-state index in [2.05, 4.69) is 20.6 Å². The highest BCUT2D eigenvalue weighted by molar-refractivity contribution is 6.00. The van der Waals surface area contributed by atoms with E-state index in [0.29, 0.717) is 12.4 Å². The lowest BCUT2D eigenvalue weighted by molar-refractivity contribution is -0.115. The van der Waals surface area contributed by atoms with Crippen molar-refractivity contribution in [2.45, 2.75) is 33.1 Å². The van der Waals surface area contributed by atoms with E-state index in [1.165, 1.54) is 0 Å². The maximum absolute atomic E-state index is 12.3. The summed E-state index contributed by atoms with van der Waals surface area (Å²) in [7, 11) is 0. The lowest BCUT2D eigenvalue weighted by atomic mass is 10.0. The molecule has 0 atom stereocenters. The van der Waals surface area contributed by atoms with Crippen LogP contribution in [-0.2, 0) is 17.6 Å². The van der Waals surface area contributed by atoms with Gasteiger partial charge in [0.1, 0.15) is 0 Å². The molecule has 0 saturated heterocycles. The molecule has 1 aliphatic heterocycles. The average Bonchev–Trinajstić information content (AvgIpc) is 2.83. The van der Waals surface area contributed by atoms with Gasteiger partial charge in [0.25, 0.3) is 0 Å². The second-order valence-corrected chi connectivity index (χ2v) is 7.27. The predicted octanol–water partition coefficient (Wildman–Crippen LogP) is 3.32. The highest BCUT2D eigenvalue weighted by Crippen LogP contribution is 2.34. The van der Waals surface area contributed by atoms with Crippen LogP contribution in [-0.4, -0.2) is 32.6 Å². The van der Waals surface area contributed by atoms with E-state index in [9.17, 15) is 4.79 Å². The third-order valence-corrected chi connectivity index (χ3v) is 4.93. The standard InChI is InChI=1S/C22H23N5O2/c1-13-5-6-17-19(8-13)25-20(29)10-16-12-24-22(27-21(16)17)26-18-9-15(4-3-7-28)11-23-14(18)2/h5-6,8-9,11-12,28H,3-4,7,10H2,1-2H3,(H,25,29)(H,24,26,27). The van der Waals surface area contributed by atoms with Crippen LogP contribution in [0.2, 0.25) is 0 Å². The number of anilines is 3. The van der Waals surface area contributed by atoms with Gasteiger partial charge in [0.15, 0.2) is 0 Å². The summed E-state index contributed by atoms with van der Waals surface area (Å²) in [6.45, 7) is 4.06. The fourth-order valence-electron chi connectivity index (χ4n) is 3.41. The number of aliphatic hydroxyl groups excluding tert-OH is 1. The molecule has 3 heterocycles. The molecule has 1 aromatic carbocycles. The Morgan fingerprint density at radius 1 is 1.17 bits per heavy atom. The molecule has 0 spiro atoms. The van der Waals surface area contributed by atoms with Crippen molar-refractivity contribution in [2.75, 3.05) is 17.2 Å². The molecule has 29 heavy (non-hydrogen) atoms. The lowest BCUT2D eigenvalue weighted by Crippen LogP contribution is -2.13. The Kier molecular flexibility index (Phi) is 5.22. The molecule has 2 aromatic heterocycles. The number of aryl methyl sites for hydroxylation is 3. The predicted molar refractivity (Wildman–Crippen MR) is 112 cm³/mol. The van der Waals surface area contributed by atoms with E-state index in [1.807, 2.05) is 44.3 Å². The zero-order valence-electron chi connectivity index (χ0n) is 16.5. The fourth-order valence-corrected chi connectivity index (χ4v) is 3.41. The minimum atomic E-state index is -0.0726. The van der Waals surface area contributed by atoms with E-state index < -0.39 is 0 Å². The highest BCUT2D eigenvalue weighted by atomic mass is 16.2. The van der Waals surface area contributed by atoms with Crippen molar-refractivity contribution in [2.24, 2.45) is 0 Å². The van der Waals surface area contributed by atoms with E-state index >= 15 is 0 Å². The van der Waals surface area contributed by atoms with Gasteiger partial charge in [-0.15, -0.1) is 0 Å². The van der Waals surface area contributed by atoms with Crippen LogP contribution in [0, 0.1) is 13.8 Å². The first-order valence-corrected chi connectivity index (χ1v) is 9.63. The van der Waals surface area contributed by atoms with Gasteiger partial charge in [0, 0.05) is 30.1 Å². The summed E-state index contributed by atoms with van der Waals surface area (Å²) in [5.41, 5.74) is 6.96. The summed E-state index contributed by atoms with van der Waals surface area (Å²) in [6, 6.07) is 7.95. The van der Waals surface area contributed by atoms with Crippen LogP contribution in [0.25, 0.3) is 11.3 Å². The molecular formula is C22H23N5O2. The van der Waals surface area contributed by atoms with E-state index in [0.717, 1.165) is 51.4 Å². The number of fused-ring (bicyclic) bond motifs is 3. The highest BCUT2D eigenvalue weighted by Gasteiger charge is 2.21. The number of benzene rings is 1. The monoisotopic (exact) mass is 389 g/mol. The molecule has 1 amide bonds. The summed E-state index contributed by atoms with van der Waals surface area (Å²) in [5.74, 6) is 0.380. The maximum atomic E-state index is 12.3. The van der Waals surface area contributed by atoms with E-state index in [-0.39, 0.29) is 18.9 Å². The van der Waals surface area contributed by atoms with Gasteiger partial charge in [-0.3, -0.25) is 9.78 Å². The van der Waals surface area contributed by atoms with Crippen LogP contribution in [0.4, 0.5) is 17.3 Å². The van der Waals surface area contributed by atoms with Gasteiger partial charge in [-0.25, -0.2) is 9.97 Å². The van der Waals surface area contributed by atoms with Crippen LogP contribution >= 0.6 is 0 Å². The molecule has 4 rings (SSSR count). The van der Waals surface area contributed by atoms with Gasteiger partial charge in [0.05, 0.1) is 29.2 Å². The maximum Gasteiger partial charge on any atom is 0.228 e. The molecule has 0 aliphatic carbocycles. The number of hydrogen-bond donors (Lipinski definition) is 3. The van der Waals surface area contributed by atoms with Crippen molar-refractivity contribution in [3.8, 4) is 11.3 Å². The Labute approximate surface area is 169 Å². The molecule has 0 bridgehead atoms. The van der Waals surface area contributed by atoms with Crippen LogP contribution in [0.3, 0.4) is 0 Å². The minimum absolute atomic E-state index is 0.0726. The van der Waals surface area contributed by atoms with Gasteiger partial charge in [-0.2, -0.15) is 0 Å². The summed E-state index contributed by atoms with van der Waals surface area (Å²) in [5, 5.41) is 15.3. The van der Waals surface area contributed by atoms with Crippen LogP contribution in [0.5, 0.6) is 0 Å². The Morgan fingerprint density at radius 3 is 2.86 bits per heavy atom. The first-order valence-electron chi connectivity index (χ1n) is 9.63. The number of rotatable bonds is 5. The largest absolute Gasteiger partial charge is 0.396 e. The van der Waals surface area contributed by atoms with Crippen molar-refractivity contribution >= 4 is 23.2 Å². The summed E-state index contributed by atoms with van der Waals surface area (Å²) < 4.78 is 0. The molecule has 0 unspecified atom stereocenters. The number of aromatic nitrogens is 3. The number of carbonyl (C=O) groups excluding carboxylic acids is 1. The number of pyridine rings is 1. The summed E-state index contributed by atoms with van der Waals surface area (Å²) in [6.07, 6.45) is 5.21. The number of hydrogen-bond acceptors (Lipinski definition) is 6. The normalized spacial score (nSPS) is 12.6. The number of nitrogens with zero attached hydrogens (tertiary/aromatic N) is 3. The van der Waals surface area contributed by atoms with Crippen LogP contribution in [0.15, 0.2) is 36.7 Å². The Hall–Kier alpha value is -3.32. The van der Waals surface area contributed by atoms with Gasteiger partial charge in [-0.05, 0) is 49.9 Å². The molecule has 0 fully saturated rings. The zero-order chi connectivity index (χ0) is 20.4. The third-order valence-electron chi connectivity index (χ3n) is 4.93. The lowest BCUT2D eigenvalue weighted by Gasteiger charge is -2.13. The second kappa shape index (κ2) is 7.97. The summed E-state index contributed by atoms with van der Waals surface area (Å²) in [4.78, 5) is 25.8. The molecule has 7 heteroatoms. The zero-order valence-corrected chi connectivity index (χ0v) is 16.5. The molecular weight excluding hydrogens is 366 g/mol. The number of aliphatic hydroxyl groups is 1. The van der Waals surface area contributed by atoms with Gasteiger partial charge < -0.3 is 15.7 Å². The number of carbonyl (C=O) groups is 1. The van der Waals surface area contributed by atoms with Crippen molar-refractivity contribution in [3.05, 3.63) is 59.0 Å². The van der Waals surface area contributed by atoms with Crippen LogP contribution in [0.1, 0.15) is 28.8 Å². The average molecular weight is 389 g/mol. The SMILES string of the molecule is Cc1ccc2c(c1)NC(=O)Cc1cnc(Nc3cc(CCCO)cnc3C)nc1-2. The molecule has 7 nitrogen and oxygen atoms in total. The van der Waals surface area contributed by atoms with Crippen molar-refractivity contribution in [1.82, 2.24) is 15.0 Å². The first kappa shape index (κ1) is 19.0. The third kappa shape index (κ3) is 4.09. The minimum Gasteiger partial charge on any atom is -0.396 e. The van der Waals surface area contributed by atoms with E-state index in [1.54, 1.807) is 6.20 Å². The number of amides is 1. The molecule has 0 saturated carbocycles. The Bertz CT molecular complexity index is 1080. The fraction of sp³-hybridized carbons (Fsp3) is 0.273. The van der Waals surface area contributed by atoms with Gasteiger partial charge in [0.2, 0.25) is 11.9 Å². The van der Waals surface area contributed by atoms with Crippen LogP contribution < -0.4 is 10.6 Å². The summed E-state index contributed by atoms with van der Waals surface area (Å²) >= 11 is 0. The number of nitrogens with one attached hydrogen (secondary N) is 2. The molecule has 3 N–H and O–H groups in total. The first-order chi connectivity index (χ1) is 14.0. The Morgan fingerprint density at radius 2 is 2.03 bits per heavy atom. The Balaban J connectivity index is 1.71. The molecule has 148 valence electrons. The van der Waals surface area contributed by atoms with Crippen molar-refractivity contribution < 1.29 is 9.90 Å². The quantitative estimate of drug-likeness (QED) is 0.619. The van der Waals surface area contributed by atoms with Gasteiger partial charge >= 0.3 is 0 Å². The smallest absolute Gasteiger partial charge is 0.228 e. The molecule has 1 aliphatic rings. The topological polar surface area (TPSA) is 100 Å². The van der Waals surface area contributed by atoms with Crippen molar-refractivity contribution in [1.29, 1.82) is 0 Å². The molecule has 3 aromatic rings. The molecule has 0 radical (unpaired) electrons. The van der Waals surface area contributed by atoms with Gasteiger partial charge in [-0.1, -0.05) is 12.1 Å². The second-order valence-electron chi connectivity index (χ2n) is 7.27.